The molecule has 1 rings (SSSR count). The highest BCUT2D eigenvalue weighted by Crippen LogP contribution is 2.26. The Morgan fingerprint density at radius 1 is 1.45 bits per heavy atom. The van der Waals surface area contributed by atoms with E-state index in [1.54, 1.807) is 6.92 Å². The molecule has 0 aliphatic rings. The van der Waals surface area contributed by atoms with Crippen LogP contribution in [0, 0.1) is 11.6 Å². The molecule has 1 aromatic carbocycles. The van der Waals surface area contributed by atoms with Gasteiger partial charge in [-0.25, -0.2) is 17.2 Å². The predicted octanol–water partition coefficient (Wildman–Crippen LogP) is 1.96. The normalized spacial score (nSPS) is 13.1. The van der Waals surface area contributed by atoms with Crippen LogP contribution in [0.4, 0.5) is 8.78 Å². The minimum absolute atomic E-state index is 0.0828. The highest BCUT2D eigenvalue weighted by atomic mass is 79.9. The summed E-state index contributed by atoms with van der Waals surface area (Å²) in [6.45, 7) is 2.90. The monoisotopic (exact) mass is 371 g/mol. The van der Waals surface area contributed by atoms with E-state index in [1.165, 1.54) is 6.92 Å². The van der Waals surface area contributed by atoms with Crippen LogP contribution in [0.2, 0.25) is 0 Å². The third kappa shape index (κ3) is 3.97. The number of nitrogens with one attached hydrogen (secondary N) is 1. The number of carbonyl (C=O) groups is 1. The fourth-order valence-corrected chi connectivity index (χ4v) is 3.75. The summed E-state index contributed by atoms with van der Waals surface area (Å²) < 4.78 is 56.8. The lowest BCUT2D eigenvalue weighted by atomic mass is 10.3. The Hall–Kier alpha value is -1.06. The van der Waals surface area contributed by atoms with Gasteiger partial charge in [0, 0.05) is 10.5 Å². The topological polar surface area (TPSA) is 72.5 Å². The van der Waals surface area contributed by atoms with Crippen LogP contribution in [-0.2, 0) is 19.6 Å². The molecule has 1 atom stereocenters. The van der Waals surface area contributed by atoms with Crippen LogP contribution >= 0.6 is 15.9 Å². The third-order valence-corrected chi connectivity index (χ3v) is 4.71. The summed E-state index contributed by atoms with van der Waals surface area (Å²) in [5.41, 5.74) is 0. The number of carbonyl (C=O) groups excluding carboxylic acids is 1. The number of sulfonamides is 1. The molecular weight excluding hydrogens is 360 g/mol. The molecule has 112 valence electrons. The number of benzene rings is 1. The van der Waals surface area contributed by atoms with E-state index >= 15 is 0 Å². The molecule has 0 saturated carbocycles. The average Bonchev–Trinajstić information content (AvgIpc) is 2.26. The smallest absolute Gasteiger partial charge is 0.323 e. The summed E-state index contributed by atoms with van der Waals surface area (Å²) in [4.78, 5) is 10.6. The van der Waals surface area contributed by atoms with Crippen molar-refractivity contribution in [1.82, 2.24) is 4.72 Å². The molecule has 0 aliphatic heterocycles. The molecule has 0 bridgehead atoms. The van der Waals surface area contributed by atoms with Gasteiger partial charge in [-0.1, -0.05) is 0 Å². The second-order valence-electron chi connectivity index (χ2n) is 3.79. The zero-order valence-corrected chi connectivity index (χ0v) is 13.0. The molecule has 0 radical (unpaired) electrons. The van der Waals surface area contributed by atoms with Gasteiger partial charge in [-0.3, -0.25) is 4.79 Å². The SMILES string of the molecule is CCOC(=O)C(C)NS(=O)(=O)c1c(F)cc(F)cc1Br. The minimum Gasteiger partial charge on any atom is -0.465 e. The van der Waals surface area contributed by atoms with Crippen molar-refractivity contribution < 1.29 is 26.7 Å². The number of hydrogen-bond donors (Lipinski definition) is 1. The van der Waals surface area contributed by atoms with Crippen LogP contribution < -0.4 is 4.72 Å². The maximum Gasteiger partial charge on any atom is 0.323 e. The summed E-state index contributed by atoms with van der Waals surface area (Å²) in [5.74, 6) is -2.98. The first-order chi connectivity index (χ1) is 9.19. The highest BCUT2D eigenvalue weighted by molar-refractivity contribution is 9.10. The van der Waals surface area contributed by atoms with E-state index in [-0.39, 0.29) is 11.1 Å². The van der Waals surface area contributed by atoms with Gasteiger partial charge in [-0.2, -0.15) is 4.72 Å². The van der Waals surface area contributed by atoms with Crippen LogP contribution in [0.15, 0.2) is 21.5 Å². The summed E-state index contributed by atoms with van der Waals surface area (Å²) in [6, 6.07) is 0.0532. The first kappa shape index (κ1) is 17.0. The zero-order valence-electron chi connectivity index (χ0n) is 10.6. The summed E-state index contributed by atoms with van der Waals surface area (Å²) >= 11 is 2.78. The third-order valence-electron chi connectivity index (χ3n) is 2.20. The molecule has 0 aliphatic carbocycles. The van der Waals surface area contributed by atoms with Crippen molar-refractivity contribution in [1.29, 1.82) is 0 Å². The Bertz CT molecular complexity index is 598. The fraction of sp³-hybridized carbons (Fsp3) is 0.364. The Morgan fingerprint density at radius 3 is 2.55 bits per heavy atom. The van der Waals surface area contributed by atoms with Gasteiger partial charge in [0.2, 0.25) is 10.0 Å². The molecule has 0 spiro atoms. The van der Waals surface area contributed by atoms with E-state index < -0.39 is 38.6 Å². The number of hydrogen-bond acceptors (Lipinski definition) is 4. The summed E-state index contributed by atoms with van der Waals surface area (Å²) in [7, 11) is -4.34. The number of halogens is 3. The van der Waals surface area contributed by atoms with Crippen molar-refractivity contribution in [2.24, 2.45) is 0 Å². The van der Waals surface area contributed by atoms with E-state index in [1.807, 2.05) is 4.72 Å². The van der Waals surface area contributed by atoms with Crippen LogP contribution in [0.5, 0.6) is 0 Å². The molecule has 1 unspecified atom stereocenters. The quantitative estimate of drug-likeness (QED) is 0.803. The van der Waals surface area contributed by atoms with Gasteiger partial charge in [-0.15, -0.1) is 0 Å². The molecule has 0 heterocycles. The van der Waals surface area contributed by atoms with Crippen molar-refractivity contribution in [3.63, 3.8) is 0 Å². The number of esters is 1. The highest BCUT2D eigenvalue weighted by Gasteiger charge is 2.28. The molecule has 0 aromatic heterocycles. The van der Waals surface area contributed by atoms with Gasteiger partial charge < -0.3 is 4.74 Å². The molecule has 1 aromatic rings. The van der Waals surface area contributed by atoms with E-state index in [0.29, 0.717) is 6.07 Å². The minimum atomic E-state index is -4.34. The first-order valence-electron chi connectivity index (χ1n) is 5.52. The molecule has 0 saturated heterocycles. The van der Waals surface area contributed by atoms with Crippen molar-refractivity contribution >= 4 is 31.9 Å². The summed E-state index contributed by atoms with van der Waals surface area (Å²) in [5, 5.41) is 0. The Kier molecular flexibility index (Phi) is 5.60. The molecule has 9 heteroatoms. The van der Waals surface area contributed by atoms with Gasteiger partial charge in [-0.05, 0) is 35.8 Å². The average molecular weight is 372 g/mol. The van der Waals surface area contributed by atoms with E-state index in [2.05, 4.69) is 20.7 Å². The lowest BCUT2D eigenvalue weighted by Crippen LogP contribution is -2.40. The van der Waals surface area contributed by atoms with Crippen LogP contribution in [-0.4, -0.2) is 27.0 Å². The lowest BCUT2D eigenvalue weighted by Gasteiger charge is -2.14. The Balaban J connectivity index is 3.10. The first-order valence-corrected chi connectivity index (χ1v) is 7.80. The number of rotatable bonds is 5. The van der Waals surface area contributed by atoms with Gasteiger partial charge >= 0.3 is 5.97 Å². The van der Waals surface area contributed by atoms with Gasteiger partial charge in [0.05, 0.1) is 6.61 Å². The predicted molar refractivity (Wildman–Crippen MR) is 70.5 cm³/mol. The maximum absolute atomic E-state index is 13.6. The fourth-order valence-electron chi connectivity index (χ4n) is 1.39. The van der Waals surface area contributed by atoms with Crippen LogP contribution in [0.1, 0.15) is 13.8 Å². The van der Waals surface area contributed by atoms with Crippen molar-refractivity contribution in [2.45, 2.75) is 24.8 Å². The lowest BCUT2D eigenvalue weighted by molar-refractivity contribution is -0.144. The largest absolute Gasteiger partial charge is 0.465 e. The molecule has 0 fully saturated rings. The van der Waals surface area contributed by atoms with Crippen LogP contribution in [0.3, 0.4) is 0 Å². The Morgan fingerprint density at radius 2 is 2.05 bits per heavy atom. The Labute approximate surface area is 123 Å². The molecule has 5 nitrogen and oxygen atoms in total. The van der Waals surface area contributed by atoms with Crippen molar-refractivity contribution in [2.75, 3.05) is 6.61 Å². The zero-order chi connectivity index (χ0) is 15.5. The van der Waals surface area contributed by atoms with E-state index in [4.69, 9.17) is 0 Å². The van der Waals surface area contributed by atoms with Gasteiger partial charge in [0.1, 0.15) is 22.6 Å². The molecule has 20 heavy (non-hydrogen) atoms. The second-order valence-corrected chi connectivity index (χ2v) is 6.30. The molecule has 0 amide bonds. The number of ether oxygens (including phenoxy) is 1. The molecular formula is C11H12BrF2NO4S. The van der Waals surface area contributed by atoms with Gasteiger partial charge in [0.15, 0.2) is 0 Å². The van der Waals surface area contributed by atoms with Crippen molar-refractivity contribution in [3.05, 3.63) is 28.2 Å². The standard InChI is InChI=1S/C11H12BrF2NO4S/c1-3-19-11(16)6(2)15-20(17,18)10-8(12)4-7(13)5-9(10)14/h4-6,15H,3H2,1-2H3. The van der Waals surface area contributed by atoms with E-state index in [0.717, 1.165) is 6.07 Å². The maximum atomic E-state index is 13.6. The van der Waals surface area contributed by atoms with Gasteiger partial charge in [0.25, 0.3) is 0 Å². The van der Waals surface area contributed by atoms with Crippen LogP contribution in [0.25, 0.3) is 0 Å². The summed E-state index contributed by atoms with van der Waals surface area (Å²) in [6.07, 6.45) is 0. The van der Waals surface area contributed by atoms with Crippen molar-refractivity contribution in [3.8, 4) is 0 Å². The molecule has 1 N–H and O–H groups in total. The second kappa shape index (κ2) is 6.59. The van der Waals surface area contributed by atoms with E-state index in [9.17, 15) is 22.0 Å².